The van der Waals surface area contributed by atoms with Crippen LogP contribution in [0, 0.1) is 26.2 Å². The molecule has 8 aromatic carbocycles. The smallest absolute Gasteiger partial charge is 0.0709 e. The van der Waals surface area contributed by atoms with E-state index in [4.69, 9.17) is 0 Å². The molecule has 0 aliphatic heterocycles. The number of anilines is 6. The number of H-pyrrole nitrogens is 1. The van der Waals surface area contributed by atoms with Crippen molar-refractivity contribution in [3.8, 4) is 11.1 Å². The molecule has 0 unspecified atom stereocenters. The second kappa shape index (κ2) is 18.8. The molecule has 2 aliphatic carbocycles. The van der Waals surface area contributed by atoms with Gasteiger partial charge in [-0.2, -0.15) is 0 Å². The predicted octanol–water partition coefficient (Wildman–Crippen LogP) is 19.7. The molecule has 0 atom stereocenters. The van der Waals surface area contributed by atoms with E-state index in [1.165, 1.54) is 88.7 Å². The number of nitrogens with one attached hydrogen (secondary N) is 1. The van der Waals surface area contributed by atoms with Gasteiger partial charge < -0.3 is 14.8 Å². The summed E-state index contributed by atoms with van der Waals surface area (Å²) in [5, 5.41) is 4.99. The van der Waals surface area contributed by atoms with Gasteiger partial charge in [0.05, 0.1) is 16.9 Å². The first-order valence-electron chi connectivity index (χ1n) is 25.1. The molecule has 348 valence electrons. The van der Waals surface area contributed by atoms with E-state index in [2.05, 4.69) is 260 Å². The van der Waals surface area contributed by atoms with Crippen molar-refractivity contribution in [3.05, 3.63) is 215 Å². The van der Waals surface area contributed by atoms with Gasteiger partial charge in [-0.1, -0.05) is 178 Å². The third-order valence-corrected chi connectivity index (χ3v) is 14.1. The van der Waals surface area contributed by atoms with Crippen LogP contribution in [0.1, 0.15) is 108 Å². The highest BCUT2D eigenvalue weighted by atomic mass is 15.2. The summed E-state index contributed by atoms with van der Waals surface area (Å²) in [5.74, 6) is 0.459. The Morgan fingerprint density at radius 1 is 0.551 bits per heavy atom. The lowest BCUT2D eigenvalue weighted by Crippen LogP contribution is -2.18. The zero-order chi connectivity index (χ0) is 48.8. The minimum Gasteiger partial charge on any atom is -0.353 e. The van der Waals surface area contributed by atoms with E-state index in [1.807, 2.05) is 13.8 Å². The van der Waals surface area contributed by atoms with E-state index in [0.717, 1.165) is 34.5 Å². The van der Waals surface area contributed by atoms with Gasteiger partial charge >= 0.3 is 0 Å². The Bertz CT molecular complexity index is 3390. The molecule has 3 nitrogen and oxygen atoms in total. The Kier molecular flexibility index (Phi) is 12.8. The molecular formula is C66H69N3. The quantitative estimate of drug-likeness (QED) is 0.172. The molecule has 1 heterocycles. The predicted molar refractivity (Wildman–Crippen MR) is 301 cm³/mol. The zero-order valence-corrected chi connectivity index (χ0v) is 42.9. The highest BCUT2D eigenvalue weighted by Gasteiger charge is 2.39. The van der Waals surface area contributed by atoms with E-state index in [9.17, 15) is 0 Å². The van der Waals surface area contributed by atoms with Gasteiger partial charge in [0.15, 0.2) is 0 Å². The topological polar surface area (TPSA) is 22.3 Å². The van der Waals surface area contributed by atoms with Gasteiger partial charge in [0.25, 0.3) is 0 Å². The summed E-state index contributed by atoms with van der Waals surface area (Å²) in [5.41, 5.74) is 21.3. The summed E-state index contributed by atoms with van der Waals surface area (Å²) in [6, 6.07) is 58.7. The fourth-order valence-electron chi connectivity index (χ4n) is 10.7. The second-order valence-corrected chi connectivity index (χ2v) is 20.7. The third-order valence-electron chi connectivity index (χ3n) is 14.1. The fraction of sp³-hybridized carbons (Fsp3) is 0.242. The molecule has 0 amide bonds. The number of allylic oxidation sites excluding steroid dienone is 4. The van der Waals surface area contributed by atoms with E-state index >= 15 is 0 Å². The summed E-state index contributed by atoms with van der Waals surface area (Å²) in [7, 11) is 0. The summed E-state index contributed by atoms with van der Waals surface area (Å²) in [4.78, 5) is 8.73. The molecule has 2 aliphatic rings. The Labute approximate surface area is 411 Å². The average Bonchev–Trinajstić information content (AvgIpc) is 4.08. The number of fused-ring (bicyclic) bond motifs is 8. The number of benzene rings is 8. The highest BCUT2D eigenvalue weighted by Crippen LogP contribution is 2.56. The lowest BCUT2D eigenvalue weighted by Gasteiger charge is -2.31. The third kappa shape index (κ3) is 8.69. The Balaban J connectivity index is 0.000000482. The first kappa shape index (κ1) is 47.0. The van der Waals surface area contributed by atoms with Crippen molar-refractivity contribution in [1.29, 1.82) is 0 Å². The Morgan fingerprint density at radius 3 is 1.87 bits per heavy atom. The lowest BCUT2D eigenvalue weighted by molar-refractivity contribution is 0.518. The van der Waals surface area contributed by atoms with Crippen LogP contribution in [0.15, 0.2) is 182 Å². The van der Waals surface area contributed by atoms with Gasteiger partial charge in [-0.3, -0.25) is 0 Å². The molecule has 0 radical (unpaired) electrons. The Morgan fingerprint density at radius 2 is 1.22 bits per heavy atom. The molecule has 0 fully saturated rings. The molecule has 3 heteroatoms. The zero-order valence-electron chi connectivity index (χ0n) is 42.9. The Hall–Kier alpha value is -7.10. The van der Waals surface area contributed by atoms with Crippen LogP contribution in [-0.4, -0.2) is 4.98 Å². The molecule has 0 saturated carbocycles. The first-order chi connectivity index (χ1) is 33.2. The van der Waals surface area contributed by atoms with Crippen molar-refractivity contribution in [2.45, 2.75) is 101 Å². The number of aryl methyl sites for hydroxylation is 3. The summed E-state index contributed by atoms with van der Waals surface area (Å²) in [6.45, 7) is 26.8. The average molecular weight is 904 g/mol. The maximum atomic E-state index is 3.79. The van der Waals surface area contributed by atoms with Crippen LogP contribution < -0.4 is 9.80 Å². The second-order valence-electron chi connectivity index (χ2n) is 20.7. The minimum absolute atomic E-state index is 0.278. The molecule has 0 saturated heterocycles. The number of nitrogens with zero attached hydrogens (tertiary/aromatic N) is 2. The van der Waals surface area contributed by atoms with Gasteiger partial charge in [0, 0.05) is 49.8 Å². The number of hydrogen-bond acceptors (Lipinski definition) is 2. The maximum absolute atomic E-state index is 3.79. The van der Waals surface area contributed by atoms with Gasteiger partial charge in [0.2, 0.25) is 0 Å². The van der Waals surface area contributed by atoms with Crippen LogP contribution >= 0.6 is 0 Å². The molecule has 1 N–H and O–H groups in total. The van der Waals surface area contributed by atoms with Crippen LogP contribution in [0.4, 0.5) is 34.1 Å². The van der Waals surface area contributed by atoms with E-state index in [-0.39, 0.29) is 5.41 Å². The number of aromatic amines is 1. The van der Waals surface area contributed by atoms with Crippen LogP contribution in [0.2, 0.25) is 0 Å². The van der Waals surface area contributed by atoms with E-state index in [0.29, 0.717) is 11.3 Å². The lowest BCUT2D eigenvalue weighted by atomic mass is 9.81. The molecule has 0 spiro atoms. The summed E-state index contributed by atoms with van der Waals surface area (Å²) < 4.78 is 0. The number of hydrogen-bond donors (Lipinski definition) is 1. The number of aromatic nitrogens is 1. The van der Waals surface area contributed by atoms with Crippen LogP contribution in [0.3, 0.4) is 0 Å². The summed E-state index contributed by atoms with van der Waals surface area (Å²) in [6.07, 6.45) is 7.85. The van der Waals surface area contributed by atoms with Crippen LogP contribution in [0.5, 0.6) is 0 Å². The molecule has 1 aromatic heterocycles. The minimum atomic E-state index is -0.278. The fourth-order valence-corrected chi connectivity index (χ4v) is 10.7. The van der Waals surface area contributed by atoms with Gasteiger partial charge in [-0.15, -0.1) is 0 Å². The van der Waals surface area contributed by atoms with Crippen LogP contribution in [0.25, 0.3) is 43.7 Å². The van der Waals surface area contributed by atoms with Crippen molar-refractivity contribution in [1.82, 2.24) is 4.98 Å². The maximum Gasteiger partial charge on any atom is 0.0709 e. The molecule has 0 bridgehead atoms. The van der Waals surface area contributed by atoms with Crippen molar-refractivity contribution < 1.29 is 0 Å². The van der Waals surface area contributed by atoms with Crippen molar-refractivity contribution >= 4 is 66.7 Å². The van der Waals surface area contributed by atoms with Gasteiger partial charge in [-0.05, 0) is 155 Å². The molecule has 69 heavy (non-hydrogen) atoms. The normalized spacial score (nSPS) is 13.4. The van der Waals surface area contributed by atoms with Crippen molar-refractivity contribution in [2.24, 2.45) is 5.41 Å². The summed E-state index contributed by atoms with van der Waals surface area (Å²) >= 11 is 0. The molecule has 11 rings (SSSR count). The number of para-hydroxylation sites is 3. The van der Waals surface area contributed by atoms with Crippen LogP contribution in [-0.2, 0) is 5.41 Å². The monoisotopic (exact) mass is 904 g/mol. The van der Waals surface area contributed by atoms with E-state index in [1.54, 1.807) is 0 Å². The van der Waals surface area contributed by atoms with Gasteiger partial charge in [0.1, 0.15) is 0 Å². The molecule has 9 aromatic rings. The number of rotatable bonds is 7. The van der Waals surface area contributed by atoms with Crippen molar-refractivity contribution in [3.63, 3.8) is 0 Å². The van der Waals surface area contributed by atoms with Gasteiger partial charge in [-0.25, -0.2) is 0 Å². The van der Waals surface area contributed by atoms with Crippen molar-refractivity contribution in [2.75, 3.05) is 9.80 Å². The molecular weight excluding hydrogens is 835 g/mol. The van der Waals surface area contributed by atoms with E-state index < -0.39 is 0 Å². The standard InChI is InChI=1S/C55H49N3.C9H14.C2H6/c1-34(2)38-24-27-50(37(5)31-38)58(41-29-35(3)28-36(4)30-41)52-33-48-53(44-20-12-11-19-43(44)52)46-26-25-40(32-47(46)55(48,6)7)57(39-16-9-8-10-17-39)51-23-15-21-45-42-18-13-14-22-49(42)56-54(45)51;1-9(2,3)8-6-4-5-7-8;1-2/h8-34,56H,1-7H3;4,6-7H,5H2,1-3H3;1-2H3. The SMILES string of the molecule is CC.CC(C)(C)C1=CCC=C1.Cc1cc(C)cc(N(c2ccc(C(C)C)cc2C)c2cc3c(c4ccccc24)-c2ccc(N(c4ccccc4)c4cccc5c4[nH]c4ccccc45)cc2C3(C)C)c1. The largest absolute Gasteiger partial charge is 0.353 e. The highest BCUT2D eigenvalue weighted by molar-refractivity contribution is 6.13. The first-order valence-corrected chi connectivity index (χ1v) is 25.1.